The molecule has 0 spiro atoms. The Hall–Kier alpha value is -2.99. The van der Waals surface area contributed by atoms with Crippen LogP contribution in [0.1, 0.15) is 23.2 Å². The maximum absolute atomic E-state index is 13.4. The topological polar surface area (TPSA) is 72.2 Å². The Balaban J connectivity index is 1.77. The molecule has 0 bridgehead atoms. The highest BCUT2D eigenvalue weighted by molar-refractivity contribution is 7.89. The lowest BCUT2D eigenvalue weighted by molar-refractivity contribution is 0.504. The van der Waals surface area contributed by atoms with Crippen molar-refractivity contribution in [1.29, 1.82) is 0 Å². The van der Waals surface area contributed by atoms with Crippen molar-refractivity contribution in [2.75, 3.05) is 0 Å². The summed E-state index contributed by atoms with van der Waals surface area (Å²) in [6.07, 6.45) is 0. The molecule has 0 aliphatic carbocycles. The Morgan fingerprint density at radius 1 is 0.655 bits per heavy atom. The van der Waals surface area contributed by atoms with E-state index in [0.717, 1.165) is 16.5 Å². The Kier molecular flexibility index (Phi) is 5.45. The van der Waals surface area contributed by atoms with Crippen LogP contribution in [0.5, 0.6) is 0 Å². The van der Waals surface area contributed by atoms with Gasteiger partial charge in [0.2, 0.25) is 10.0 Å². The monoisotopic (exact) mass is 402 g/mol. The van der Waals surface area contributed by atoms with E-state index >= 15 is 0 Å². The summed E-state index contributed by atoms with van der Waals surface area (Å²) in [7, 11) is -3.82. The van der Waals surface area contributed by atoms with Crippen molar-refractivity contribution in [3.8, 4) is 0 Å². The smallest absolute Gasteiger partial charge is 0.241 e. The molecule has 0 aliphatic rings. The molecular formula is C24H22N2O2S. The molecule has 4 aromatic carbocycles. The molecule has 0 unspecified atom stereocenters. The fourth-order valence-electron chi connectivity index (χ4n) is 3.54. The summed E-state index contributed by atoms with van der Waals surface area (Å²) in [5, 5.41) is 1.56. The minimum Gasteiger partial charge on any atom is -0.322 e. The van der Waals surface area contributed by atoms with Crippen LogP contribution in [0.15, 0.2) is 108 Å². The molecule has 29 heavy (non-hydrogen) atoms. The van der Waals surface area contributed by atoms with Crippen molar-refractivity contribution in [3.05, 3.63) is 114 Å². The first kappa shape index (κ1) is 19.3. The van der Waals surface area contributed by atoms with Gasteiger partial charge in [0.1, 0.15) is 0 Å². The molecule has 0 amide bonds. The predicted octanol–water partition coefficient (Wildman–Crippen LogP) is 4.56. The van der Waals surface area contributed by atoms with Crippen LogP contribution in [0.3, 0.4) is 0 Å². The summed E-state index contributed by atoms with van der Waals surface area (Å²) in [6.45, 7) is 0. The van der Waals surface area contributed by atoms with Gasteiger partial charge in [-0.05, 0) is 22.6 Å². The number of sulfonamides is 1. The number of fused-ring (bicyclic) bond motifs is 1. The van der Waals surface area contributed by atoms with Gasteiger partial charge < -0.3 is 5.73 Å². The van der Waals surface area contributed by atoms with Crippen LogP contribution in [0.4, 0.5) is 0 Å². The normalized spacial score (nSPS) is 13.8. The van der Waals surface area contributed by atoms with Gasteiger partial charge in [0.05, 0.1) is 17.0 Å². The van der Waals surface area contributed by atoms with E-state index in [1.165, 1.54) is 0 Å². The molecule has 0 aromatic heterocycles. The maximum atomic E-state index is 13.4. The molecule has 0 saturated carbocycles. The van der Waals surface area contributed by atoms with Crippen molar-refractivity contribution in [3.63, 3.8) is 0 Å². The third kappa shape index (κ3) is 4.07. The highest BCUT2D eigenvalue weighted by Gasteiger charge is 2.28. The van der Waals surface area contributed by atoms with Gasteiger partial charge in [0.15, 0.2) is 0 Å². The fraction of sp³-hybridized carbons (Fsp3) is 0.0833. The lowest BCUT2D eigenvalue weighted by Gasteiger charge is -2.26. The summed E-state index contributed by atoms with van der Waals surface area (Å²) in [5.41, 5.74) is 8.22. The zero-order chi connectivity index (χ0) is 20.3. The fourth-order valence-corrected chi connectivity index (χ4v) is 5.01. The summed E-state index contributed by atoms with van der Waals surface area (Å²) in [4.78, 5) is 0.247. The van der Waals surface area contributed by atoms with Gasteiger partial charge in [-0.3, -0.25) is 0 Å². The summed E-state index contributed by atoms with van der Waals surface area (Å²) in [5.74, 6) is 0. The lowest BCUT2D eigenvalue weighted by atomic mass is 9.95. The highest BCUT2D eigenvalue weighted by Crippen LogP contribution is 2.30. The third-order valence-electron chi connectivity index (χ3n) is 5.02. The molecule has 5 heteroatoms. The molecular weight excluding hydrogens is 380 g/mol. The van der Waals surface area contributed by atoms with Gasteiger partial charge in [-0.25, -0.2) is 13.1 Å². The molecule has 0 saturated heterocycles. The number of rotatable bonds is 6. The Morgan fingerprint density at radius 2 is 1.21 bits per heavy atom. The van der Waals surface area contributed by atoms with Crippen LogP contribution in [0, 0.1) is 0 Å². The van der Waals surface area contributed by atoms with E-state index in [0.29, 0.717) is 5.39 Å². The largest absolute Gasteiger partial charge is 0.322 e. The average molecular weight is 403 g/mol. The Labute approximate surface area is 171 Å². The molecule has 2 atom stereocenters. The van der Waals surface area contributed by atoms with Gasteiger partial charge in [0, 0.05) is 5.39 Å². The van der Waals surface area contributed by atoms with Crippen molar-refractivity contribution >= 4 is 20.8 Å². The second kappa shape index (κ2) is 8.17. The average Bonchev–Trinajstić information content (AvgIpc) is 2.78. The number of nitrogens with two attached hydrogens (primary N) is 1. The van der Waals surface area contributed by atoms with Crippen LogP contribution in [0.25, 0.3) is 10.8 Å². The Morgan fingerprint density at radius 3 is 1.90 bits per heavy atom. The van der Waals surface area contributed by atoms with Crippen molar-refractivity contribution < 1.29 is 8.42 Å². The van der Waals surface area contributed by atoms with Crippen LogP contribution in [-0.2, 0) is 10.0 Å². The van der Waals surface area contributed by atoms with E-state index in [4.69, 9.17) is 5.73 Å². The summed E-state index contributed by atoms with van der Waals surface area (Å²) < 4.78 is 29.7. The van der Waals surface area contributed by atoms with Gasteiger partial charge in [-0.1, -0.05) is 97.1 Å². The summed E-state index contributed by atoms with van der Waals surface area (Å²) >= 11 is 0. The maximum Gasteiger partial charge on any atom is 0.241 e. The van der Waals surface area contributed by atoms with E-state index in [-0.39, 0.29) is 4.90 Å². The van der Waals surface area contributed by atoms with Crippen LogP contribution in [0.2, 0.25) is 0 Å². The Bertz CT molecular complexity index is 1200. The number of hydrogen-bond donors (Lipinski definition) is 2. The number of benzene rings is 4. The minimum absolute atomic E-state index is 0.247. The molecule has 4 nitrogen and oxygen atoms in total. The van der Waals surface area contributed by atoms with Crippen LogP contribution >= 0.6 is 0 Å². The molecule has 0 heterocycles. The van der Waals surface area contributed by atoms with E-state index in [2.05, 4.69) is 4.72 Å². The van der Waals surface area contributed by atoms with Crippen molar-refractivity contribution in [2.45, 2.75) is 17.0 Å². The SMILES string of the molecule is N[C@@H](c1ccccc1)[C@@H](NS(=O)(=O)c1cccc2ccccc12)c1ccccc1. The van der Waals surface area contributed by atoms with Gasteiger partial charge >= 0.3 is 0 Å². The quantitative estimate of drug-likeness (QED) is 0.497. The van der Waals surface area contributed by atoms with Gasteiger partial charge in [-0.2, -0.15) is 0 Å². The molecule has 0 aliphatic heterocycles. The van der Waals surface area contributed by atoms with E-state index in [1.54, 1.807) is 12.1 Å². The lowest BCUT2D eigenvalue weighted by Crippen LogP contribution is -2.36. The van der Waals surface area contributed by atoms with Crippen molar-refractivity contribution in [2.24, 2.45) is 5.73 Å². The first-order valence-electron chi connectivity index (χ1n) is 9.42. The second-order valence-electron chi connectivity index (χ2n) is 6.92. The van der Waals surface area contributed by atoms with Gasteiger partial charge in [0.25, 0.3) is 0 Å². The molecule has 4 aromatic rings. The first-order chi connectivity index (χ1) is 14.1. The number of nitrogens with one attached hydrogen (secondary N) is 1. The minimum atomic E-state index is -3.82. The standard InChI is InChI=1S/C24H22N2O2S/c25-23(19-11-3-1-4-12-19)24(20-13-5-2-6-14-20)26-29(27,28)22-17-9-15-18-10-7-8-16-21(18)22/h1-17,23-24,26H,25H2/t23-,24-/m0/s1. The van der Waals surface area contributed by atoms with E-state index in [1.807, 2.05) is 91.0 Å². The predicted molar refractivity (Wildman–Crippen MR) is 117 cm³/mol. The summed E-state index contributed by atoms with van der Waals surface area (Å²) in [6, 6.07) is 30.6. The van der Waals surface area contributed by atoms with E-state index < -0.39 is 22.1 Å². The zero-order valence-corrected chi connectivity index (χ0v) is 16.6. The molecule has 0 fully saturated rings. The third-order valence-corrected chi connectivity index (χ3v) is 6.52. The molecule has 146 valence electrons. The number of hydrogen-bond acceptors (Lipinski definition) is 3. The van der Waals surface area contributed by atoms with E-state index in [9.17, 15) is 8.42 Å². The second-order valence-corrected chi connectivity index (χ2v) is 8.61. The molecule has 0 radical (unpaired) electrons. The molecule has 3 N–H and O–H groups in total. The highest BCUT2D eigenvalue weighted by atomic mass is 32.2. The van der Waals surface area contributed by atoms with Gasteiger partial charge in [-0.15, -0.1) is 0 Å². The first-order valence-corrected chi connectivity index (χ1v) is 10.9. The zero-order valence-electron chi connectivity index (χ0n) is 15.8. The van der Waals surface area contributed by atoms with Crippen LogP contribution < -0.4 is 10.5 Å². The van der Waals surface area contributed by atoms with Crippen LogP contribution in [-0.4, -0.2) is 8.42 Å². The molecule has 4 rings (SSSR count). The van der Waals surface area contributed by atoms with Crippen molar-refractivity contribution in [1.82, 2.24) is 4.72 Å².